The Kier molecular flexibility index (Phi) is 5.67. The fraction of sp³-hybridized carbons (Fsp3) is 0.562. The number of benzene rings is 1. The standard InChI is InChI=1S/C16H22ClNO4/c1-16(2)11-18(8-14(22-16)9-20-3)15(19)10-21-13-6-4-12(17)5-7-13/h4-7,14H,8-11H2,1-3H3. The van der Waals surface area contributed by atoms with Gasteiger partial charge in [-0.3, -0.25) is 4.79 Å². The van der Waals surface area contributed by atoms with Crippen LogP contribution in [0, 0.1) is 0 Å². The molecule has 122 valence electrons. The molecule has 1 fully saturated rings. The molecule has 0 radical (unpaired) electrons. The van der Waals surface area contributed by atoms with Gasteiger partial charge in [-0.25, -0.2) is 0 Å². The predicted molar refractivity (Wildman–Crippen MR) is 84.4 cm³/mol. The van der Waals surface area contributed by atoms with Gasteiger partial charge in [-0.15, -0.1) is 0 Å². The number of morpholine rings is 1. The lowest BCUT2D eigenvalue weighted by molar-refractivity contribution is -0.170. The molecule has 0 saturated carbocycles. The molecule has 2 rings (SSSR count). The van der Waals surface area contributed by atoms with Crippen LogP contribution < -0.4 is 4.74 Å². The second-order valence-corrected chi connectivity index (χ2v) is 6.41. The largest absolute Gasteiger partial charge is 0.484 e. The Labute approximate surface area is 136 Å². The minimum absolute atomic E-state index is 0.00256. The number of carbonyl (C=O) groups is 1. The van der Waals surface area contributed by atoms with Crippen LogP contribution in [0.5, 0.6) is 5.75 Å². The summed E-state index contributed by atoms with van der Waals surface area (Å²) in [5.74, 6) is 0.561. The molecular weight excluding hydrogens is 306 g/mol. The summed E-state index contributed by atoms with van der Waals surface area (Å²) in [4.78, 5) is 14.1. The predicted octanol–water partition coefficient (Wildman–Crippen LogP) is 2.37. The molecule has 1 atom stereocenters. The molecule has 0 aromatic heterocycles. The molecule has 1 amide bonds. The molecule has 0 spiro atoms. The summed E-state index contributed by atoms with van der Waals surface area (Å²) in [5.41, 5.74) is -0.391. The van der Waals surface area contributed by atoms with E-state index >= 15 is 0 Å². The molecule has 1 aromatic carbocycles. The van der Waals surface area contributed by atoms with Crippen molar-refractivity contribution in [2.45, 2.75) is 25.6 Å². The summed E-state index contributed by atoms with van der Waals surface area (Å²) >= 11 is 5.82. The minimum Gasteiger partial charge on any atom is -0.484 e. The Morgan fingerprint density at radius 2 is 2.09 bits per heavy atom. The third-order valence-corrected chi connectivity index (χ3v) is 3.61. The van der Waals surface area contributed by atoms with Crippen LogP contribution in [0.25, 0.3) is 0 Å². The van der Waals surface area contributed by atoms with E-state index < -0.39 is 5.60 Å². The van der Waals surface area contributed by atoms with E-state index in [0.717, 1.165) is 0 Å². The normalized spacial score (nSPS) is 20.7. The summed E-state index contributed by atoms with van der Waals surface area (Å²) in [5, 5.41) is 0.635. The van der Waals surface area contributed by atoms with Crippen molar-refractivity contribution in [1.29, 1.82) is 0 Å². The van der Waals surface area contributed by atoms with Crippen molar-refractivity contribution < 1.29 is 19.0 Å². The molecule has 22 heavy (non-hydrogen) atoms. The first-order valence-electron chi connectivity index (χ1n) is 7.22. The molecule has 1 aliphatic rings. The zero-order chi connectivity index (χ0) is 16.2. The number of hydrogen-bond acceptors (Lipinski definition) is 4. The Hall–Kier alpha value is -1.30. The van der Waals surface area contributed by atoms with E-state index in [1.54, 1.807) is 36.3 Å². The molecule has 5 nitrogen and oxygen atoms in total. The lowest BCUT2D eigenvalue weighted by Gasteiger charge is -2.42. The highest BCUT2D eigenvalue weighted by molar-refractivity contribution is 6.30. The van der Waals surface area contributed by atoms with Gasteiger partial charge in [-0.1, -0.05) is 11.6 Å². The zero-order valence-corrected chi connectivity index (χ0v) is 13.9. The lowest BCUT2D eigenvalue weighted by Crippen LogP contribution is -2.56. The highest BCUT2D eigenvalue weighted by Gasteiger charge is 2.35. The highest BCUT2D eigenvalue weighted by atomic mass is 35.5. The maximum Gasteiger partial charge on any atom is 0.260 e. The molecule has 0 aliphatic carbocycles. The van der Waals surface area contributed by atoms with Crippen LogP contribution >= 0.6 is 11.6 Å². The van der Waals surface area contributed by atoms with E-state index in [2.05, 4.69) is 0 Å². The summed E-state index contributed by atoms with van der Waals surface area (Å²) in [6.07, 6.45) is -0.117. The van der Waals surface area contributed by atoms with Gasteiger partial charge >= 0.3 is 0 Å². The Morgan fingerprint density at radius 1 is 1.41 bits per heavy atom. The maximum absolute atomic E-state index is 12.4. The Bertz CT molecular complexity index is 503. The van der Waals surface area contributed by atoms with Gasteiger partial charge in [0.2, 0.25) is 0 Å². The van der Waals surface area contributed by atoms with Gasteiger partial charge in [0.25, 0.3) is 5.91 Å². The number of amides is 1. The van der Waals surface area contributed by atoms with Gasteiger partial charge in [-0.2, -0.15) is 0 Å². The number of methoxy groups -OCH3 is 1. The van der Waals surface area contributed by atoms with Crippen molar-refractivity contribution in [3.05, 3.63) is 29.3 Å². The lowest BCUT2D eigenvalue weighted by atomic mass is 10.1. The van der Waals surface area contributed by atoms with E-state index in [1.807, 2.05) is 13.8 Å². The van der Waals surface area contributed by atoms with Crippen LogP contribution in [0.4, 0.5) is 0 Å². The van der Waals surface area contributed by atoms with Crippen LogP contribution in [-0.2, 0) is 14.3 Å². The van der Waals surface area contributed by atoms with Crippen molar-refractivity contribution in [3.8, 4) is 5.75 Å². The number of carbonyl (C=O) groups excluding carboxylic acids is 1. The van der Waals surface area contributed by atoms with E-state index in [0.29, 0.717) is 30.5 Å². The average Bonchev–Trinajstić information content (AvgIpc) is 2.45. The van der Waals surface area contributed by atoms with Gasteiger partial charge in [0.15, 0.2) is 6.61 Å². The Morgan fingerprint density at radius 3 is 2.73 bits per heavy atom. The van der Waals surface area contributed by atoms with Gasteiger partial charge in [0.05, 0.1) is 18.3 Å². The smallest absolute Gasteiger partial charge is 0.260 e. The van der Waals surface area contributed by atoms with Crippen molar-refractivity contribution in [2.75, 3.05) is 33.4 Å². The van der Waals surface area contributed by atoms with Crippen molar-refractivity contribution in [3.63, 3.8) is 0 Å². The minimum atomic E-state index is -0.391. The molecule has 1 aromatic rings. The van der Waals surface area contributed by atoms with Gasteiger partial charge in [0, 0.05) is 25.2 Å². The first-order chi connectivity index (χ1) is 10.4. The maximum atomic E-state index is 12.4. The highest BCUT2D eigenvalue weighted by Crippen LogP contribution is 2.22. The first-order valence-corrected chi connectivity index (χ1v) is 7.60. The van der Waals surface area contributed by atoms with E-state index in [-0.39, 0.29) is 18.6 Å². The number of nitrogens with zero attached hydrogens (tertiary/aromatic N) is 1. The van der Waals surface area contributed by atoms with Gasteiger partial charge in [-0.05, 0) is 38.1 Å². The van der Waals surface area contributed by atoms with E-state index in [4.69, 9.17) is 25.8 Å². The molecule has 0 bridgehead atoms. The van der Waals surface area contributed by atoms with Crippen LogP contribution in [0.15, 0.2) is 24.3 Å². The molecule has 1 aliphatic heterocycles. The fourth-order valence-electron chi connectivity index (χ4n) is 2.53. The van der Waals surface area contributed by atoms with Crippen molar-refractivity contribution in [2.24, 2.45) is 0 Å². The molecule has 1 heterocycles. The first kappa shape index (κ1) is 17.1. The van der Waals surface area contributed by atoms with Crippen molar-refractivity contribution >= 4 is 17.5 Å². The van der Waals surface area contributed by atoms with E-state index in [9.17, 15) is 4.79 Å². The summed E-state index contributed by atoms with van der Waals surface area (Å²) < 4.78 is 16.6. The molecule has 1 unspecified atom stereocenters. The number of ether oxygens (including phenoxy) is 3. The third-order valence-electron chi connectivity index (χ3n) is 3.36. The number of hydrogen-bond donors (Lipinski definition) is 0. The second kappa shape index (κ2) is 7.31. The monoisotopic (exact) mass is 327 g/mol. The summed E-state index contributed by atoms with van der Waals surface area (Å²) in [6, 6.07) is 6.95. The molecule has 0 N–H and O–H groups in total. The van der Waals surface area contributed by atoms with Crippen LogP contribution in [-0.4, -0.2) is 55.9 Å². The van der Waals surface area contributed by atoms with Gasteiger partial charge in [0.1, 0.15) is 5.75 Å². The van der Waals surface area contributed by atoms with Crippen LogP contribution in [0.3, 0.4) is 0 Å². The number of rotatable bonds is 5. The topological polar surface area (TPSA) is 48.0 Å². The quantitative estimate of drug-likeness (QED) is 0.833. The van der Waals surface area contributed by atoms with Gasteiger partial charge < -0.3 is 19.1 Å². The van der Waals surface area contributed by atoms with Crippen LogP contribution in [0.1, 0.15) is 13.8 Å². The van der Waals surface area contributed by atoms with Crippen molar-refractivity contribution in [1.82, 2.24) is 4.90 Å². The van der Waals surface area contributed by atoms with E-state index in [1.165, 1.54) is 0 Å². The average molecular weight is 328 g/mol. The second-order valence-electron chi connectivity index (χ2n) is 5.97. The Balaban J connectivity index is 1.91. The third kappa shape index (κ3) is 4.87. The zero-order valence-electron chi connectivity index (χ0n) is 13.2. The molecular formula is C16H22ClNO4. The summed E-state index contributed by atoms with van der Waals surface area (Å²) in [7, 11) is 1.63. The van der Waals surface area contributed by atoms with Crippen LogP contribution in [0.2, 0.25) is 5.02 Å². The number of halogens is 1. The SMILES string of the molecule is COCC1CN(C(=O)COc2ccc(Cl)cc2)CC(C)(C)O1. The summed E-state index contributed by atoms with van der Waals surface area (Å²) in [6.45, 7) is 5.45. The molecule has 6 heteroatoms. The fourth-order valence-corrected chi connectivity index (χ4v) is 2.65. The molecule has 1 saturated heterocycles.